The Morgan fingerprint density at radius 2 is 1.62 bits per heavy atom. The van der Waals surface area contributed by atoms with E-state index in [0.29, 0.717) is 5.69 Å². The van der Waals surface area contributed by atoms with E-state index < -0.39 is 24.5 Å². The van der Waals surface area contributed by atoms with Gasteiger partial charge in [-0.3, -0.25) is 19.3 Å². The molecule has 1 aliphatic heterocycles. The molecule has 4 rings (SSSR count). The van der Waals surface area contributed by atoms with E-state index in [4.69, 9.17) is 4.74 Å². The highest BCUT2D eigenvalue weighted by atomic mass is 16.5. The van der Waals surface area contributed by atoms with Gasteiger partial charge in [-0.1, -0.05) is 6.07 Å². The van der Waals surface area contributed by atoms with Gasteiger partial charge in [-0.2, -0.15) is 0 Å². The second-order valence-electron chi connectivity index (χ2n) is 8.64. The molecule has 7 nitrogen and oxygen atoms in total. The molecule has 1 heterocycles. The van der Waals surface area contributed by atoms with Crippen LogP contribution < -0.4 is 5.32 Å². The van der Waals surface area contributed by atoms with E-state index in [2.05, 4.69) is 5.32 Å². The van der Waals surface area contributed by atoms with Crippen LogP contribution in [0.4, 0.5) is 5.69 Å². The van der Waals surface area contributed by atoms with E-state index in [1.165, 1.54) is 6.92 Å². The largest absolute Gasteiger partial charge is 0.454 e. The molecule has 0 aromatic heterocycles. The Hall–Kier alpha value is -2.70. The van der Waals surface area contributed by atoms with Gasteiger partial charge in [0.1, 0.15) is 6.04 Å². The van der Waals surface area contributed by atoms with E-state index in [1.54, 1.807) is 0 Å². The molecule has 29 heavy (non-hydrogen) atoms. The number of hydrogen-bond donors (Lipinski definition) is 1. The predicted octanol–water partition coefficient (Wildman–Crippen LogP) is 2.20. The van der Waals surface area contributed by atoms with Crippen molar-refractivity contribution in [3.8, 4) is 0 Å². The van der Waals surface area contributed by atoms with Crippen LogP contribution >= 0.6 is 0 Å². The lowest BCUT2D eigenvalue weighted by Gasteiger charge is -2.23. The van der Waals surface area contributed by atoms with E-state index in [-0.39, 0.29) is 35.5 Å². The van der Waals surface area contributed by atoms with Crippen molar-refractivity contribution in [3.63, 3.8) is 0 Å². The SMILES string of the molecule is Cc1cc(C)cc(NC(=O)COC(=O)[C@H](C)N2C(=O)[C@@H]3[C@H]4CC[C@@H](C4)[C@H]3C2=O)c1. The molecule has 2 aliphatic carbocycles. The third-order valence-corrected chi connectivity index (χ3v) is 6.54. The molecule has 3 fully saturated rings. The van der Waals surface area contributed by atoms with Crippen molar-refractivity contribution in [2.75, 3.05) is 11.9 Å². The maximum absolute atomic E-state index is 12.8. The summed E-state index contributed by atoms with van der Waals surface area (Å²) in [4.78, 5) is 51.2. The normalized spacial score (nSPS) is 28.4. The number of carbonyl (C=O) groups excluding carboxylic acids is 4. The number of rotatable bonds is 5. The topological polar surface area (TPSA) is 92.8 Å². The highest BCUT2D eigenvalue weighted by Gasteiger charge is 2.62. The minimum Gasteiger partial charge on any atom is -0.454 e. The number of esters is 1. The third kappa shape index (κ3) is 3.43. The number of ether oxygens (including phenoxy) is 1. The Morgan fingerprint density at radius 1 is 1.07 bits per heavy atom. The summed E-state index contributed by atoms with van der Waals surface area (Å²) < 4.78 is 5.10. The lowest BCUT2D eigenvalue weighted by molar-refractivity contribution is -0.159. The summed E-state index contributed by atoms with van der Waals surface area (Å²) in [6.07, 6.45) is 2.91. The van der Waals surface area contributed by atoms with E-state index in [9.17, 15) is 19.2 Å². The second kappa shape index (κ2) is 7.28. The molecule has 1 aromatic rings. The minimum atomic E-state index is -1.02. The Kier molecular flexibility index (Phi) is 4.92. The fraction of sp³-hybridized carbons (Fsp3) is 0.545. The number of anilines is 1. The maximum Gasteiger partial charge on any atom is 0.329 e. The van der Waals surface area contributed by atoms with Crippen LogP contribution in [0.3, 0.4) is 0 Å². The van der Waals surface area contributed by atoms with Crippen molar-refractivity contribution in [1.82, 2.24) is 4.90 Å². The molecular weight excluding hydrogens is 372 g/mol. The summed E-state index contributed by atoms with van der Waals surface area (Å²) >= 11 is 0. The average molecular weight is 398 g/mol. The molecule has 0 unspecified atom stereocenters. The molecule has 1 N–H and O–H groups in total. The maximum atomic E-state index is 12.8. The van der Waals surface area contributed by atoms with Gasteiger partial charge in [-0.15, -0.1) is 0 Å². The number of aryl methyl sites for hydroxylation is 2. The zero-order chi connectivity index (χ0) is 20.9. The Balaban J connectivity index is 1.34. The Labute approximate surface area is 169 Å². The van der Waals surface area contributed by atoms with Crippen LogP contribution in [0.15, 0.2) is 18.2 Å². The molecular formula is C22H26N2O5. The van der Waals surface area contributed by atoms with Gasteiger partial charge in [0.15, 0.2) is 6.61 Å². The van der Waals surface area contributed by atoms with Crippen LogP contribution in [0, 0.1) is 37.5 Å². The second-order valence-corrected chi connectivity index (χ2v) is 8.64. The minimum absolute atomic E-state index is 0.253. The molecule has 0 spiro atoms. The highest BCUT2D eigenvalue weighted by Crippen LogP contribution is 2.56. The first-order chi connectivity index (χ1) is 13.8. The quantitative estimate of drug-likeness (QED) is 0.606. The first-order valence-electron chi connectivity index (χ1n) is 10.2. The number of nitrogens with zero attached hydrogens (tertiary/aromatic N) is 1. The van der Waals surface area contributed by atoms with Gasteiger partial charge >= 0.3 is 5.97 Å². The molecule has 1 saturated heterocycles. The zero-order valence-electron chi connectivity index (χ0n) is 16.9. The number of fused-ring (bicyclic) bond motifs is 5. The van der Waals surface area contributed by atoms with Crippen molar-refractivity contribution in [3.05, 3.63) is 29.3 Å². The molecule has 154 valence electrons. The number of carbonyl (C=O) groups is 4. The molecule has 1 aromatic carbocycles. The molecule has 2 bridgehead atoms. The average Bonchev–Trinajstić information content (AvgIpc) is 3.32. The summed E-state index contributed by atoms with van der Waals surface area (Å²) in [6.45, 7) is 4.87. The number of benzene rings is 1. The summed E-state index contributed by atoms with van der Waals surface area (Å²) in [5.41, 5.74) is 2.65. The van der Waals surface area contributed by atoms with Crippen molar-refractivity contribution in [2.24, 2.45) is 23.7 Å². The lowest BCUT2D eigenvalue weighted by atomic mass is 9.81. The van der Waals surface area contributed by atoms with Crippen LogP contribution in [0.2, 0.25) is 0 Å². The summed E-state index contributed by atoms with van der Waals surface area (Å²) in [5, 5.41) is 2.69. The number of hydrogen-bond acceptors (Lipinski definition) is 5. The van der Waals surface area contributed by atoms with Gasteiger partial charge in [0.2, 0.25) is 11.8 Å². The molecule has 7 heteroatoms. The fourth-order valence-corrected chi connectivity index (χ4v) is 5.42. The van der Waals surface area contributed by atoms with Crippen molar-refractivity contribution in [1.29, 1.82) is 0 Å². The van der Waals surface area contributed by atoms with E-state index in [1.807, 2.05) is 32.0 Å². The third-order valence-electron chi connectivity index (χ3n) is 6.54. The smallest absolute Gasteiger partial charge is 0.329 e. The van der Waals surface area contributed by atoms with Gasteiger partial charge in [0, 0.05) is 5.69 Å². The first kappa shape index (κ1) is 19.6. The Morgan fingerprint density at radius 3 is 2.17 bits per heavy atom. The molecule has 3 aliphatic rings. The summed E-state index contributed by atoms with van der Waals surface area (Å²) in [5.74, 6) is -1.74. The van der Waals surface area contributed by atoms with Crippen LogP contribution in [-0.2, 0) is 23.9 Å². The Bertz CT molecular complexity index is 847. The van der Waals surface area contributed by atoms with Gasteiger partial charge in [0.25, 0.3) is 5.91 Å². The van der Waals surface area contributed by atoms with Gasteiger partial charge in [-0.25, -0.2) is 4.79 Å². The zero-order valence-corrected chi connectivity index (χ0v) is 16.9. The summed E-state index contributed by atoms with van der Waals surface area (Å²) in [7, 11) is 0. The predicted molar refractivity (Wildman–Crippen MR) is 105 cm³/mol. The van der Waals surface area contributed by atoms with E-state index in [0.717, 1.165) is 35.3 Å². The molecule has 0 radical (unpaired) electrons. The fourth-order valence-electron chi connectivity index (χ4n) is 5.42. The van der Waals surface area contributed by atoms with Gasteiger partial charge in [-0.05, 0) is 75.1 Å². The number of likely N-dealkylation sites (tertiary alicyclic amines) is 1. The highest BCUT2D eigenvalue weighted by molar-refractivity contribution is 6.08. The number of imide groups is 1. The summed E-state index contributed by atoms with van der Waals surface area (Å²) in [6, 6.07) is 4.62. The van der Waals surface area contributed by atoms with Gasteiger partial charge < -0.3 is 10.1 Å². The lowest BCUT2D eigenvalue weighted by Crippen LogP contribution is -2.45. The van der Waals surface area contributed by atoms with Gasteiger partial charge in [0.05, 0.1) is 11.8 Å². The number of nitrogens with one attached hydrogen (secondary N) is 1. The van der Waals surface area contributed by atoms with Crippen LogP contribution in [0.5, 0.6) is 0 Å². The standard InChI is InChI=1S/C22H26N2O5/c1-11-6-12(2)8-16(7-11)23-17(25)10-29-22(28)13(3)24-20(26)18-14-4-5-15(9-14)19(18)21(24)27/h6-8,13-15,18-19H,4-5,9-10H2,1-3H3,(H,23,25)/t13-,14-,15-,18+,19+/m0/s1. The van der Waals surface area contributed by atoms with Crippen molar-refractivity contribution >= 4 is 29.4 Å². The molecule has 3 amide bonds. The monoisotopic (exact) mass is 398 g/mol. The van der Waals surface area contributed by atoms with Crippen LogP contribution in [-0.4, -0.2) is 41.2 Å². The first-order valence-corrected chi connectivity index (χ1v) is 10.2. The van der Waals surface area contributed by atoms with E-state index >= 15 is 0 Å². The van der Waals surface area contributed by atoms with Crippen molar-refractivity contribution in [2.45, 2.75) is 46.1 Å². The molecule has 5 atom stereocenters. The number of amides is 3. The molecule has 2 saturated carbocycles. The van der Waals surface area contributed by atoms with Crippen LogP contribution in [0.1, 0.15) is 37.3 Å². The van der Waals surface area contributed by atoms with Crippen molar-refractivity contribution < 1.29 is 23.9 Å². The van der Waals surface area contributed by atoms with Crippen LogP contribution in [0.25, 0.3) is 0 Å².